The van der Waals surface area contributed by atoms with Gasteiger partial charge in [0.15, 0.2) is 0 Å². The molecule has 0 spiro atoms. The molecular weight excluding hydrogens is 312 g/mol. The lowest BCUT2D eigenvalue weighted by Gasteiger charge is -2.34. The number of nitrogens with zero attached hydrogens (tertiary/aromatic N) is 3. The van der Waals surface area contributed by atoms with E-state index in [9.17, 15) is 4.79 Å². The molecule has 0 aliphatic carbocycles. The van der Waals surface area contributed by atoms with Gasteiger partial charge in [-0.3, -0.25) is 0 Å². The molecule has 2 heterocycles. The van der Waals surface area contributed by atoms with Gasteiger partial charge in [-0.05, 0) is 39.5 Å². The number of rotatable bonds is 4. The van der Waals surface area contributed by atoms with Crippen LogP contribution in [0.5, 0.6) is 0 Å². The van der Waals surface area contributed by atoms with Crippen molar-refractivity contribution in [1.82, 2.24) is 15.1 Å². The first kappa shape index (κ1) is 18.0. The number of ether oxygens (including phenoxy) is 1. The highest BCUT2D eigenvalue weighted by molar-refractivity contribution is 7.15. The topological polar surface area (TPSA) is 67.4 Å². The molecule has 0 aromatic carbocycles. The maximum atomic E-state index is 12.2. The number of likely N-dealkylation sites (tertiary alicyclic amines) is 1. The summed E-state index contributed by atoms with van der Waals surface area (Å²) in [5.74, 6) is 0.577. The van der Waals surface area contributed by atoms with Gasteiger partial charge in [0, 0.05) is 25.6 Å². The molecule has 0 saturated carbocycles. The highest BCUT2D eigenvalue weighted by atomic mass is 32.1. The van der Waals surface area contributed by atoms with Gasteiger partial charge < -0.3 is 15.0 Å². The van der Waals surface area contributed by atoms with Crippen molar-refractivity contribution in [3.8, 4) is 0 Å². The van der Waals surface area contributed by atoms with Crippen LogP contribution < -0.4 is 5.32 Å². The van der Waals surface area contributed by atoms with Gasteiger partial charge in [-0.15, -0.1) is 10.2 Å². The van der Waals surface area contributed by atoms with Gasteiger partial charge >= 0.3 is 6.09 Å². The van der Waals surface area contributed by atoms with Gasteiger partial charge in [-0.25, -0.2) is 4.79 Å². The van der Waals surface area contributed by atoms with E-state index in [1.807, 2.05) is 20.8 Å². The molecule has 130 valence electrons. The number of piperidine rings is 1. The van der Waals surface area contributed by atoms with Crippen LogP contribution >= 0.6 is 11.3 Å². The number of carbonyl (C=O) groups is 1. The molecule has 1 N–H and O–H groups in total. The molecule has 1 saturated heterocycles. The van der Waals surface area contributed by atoms with Gasteiger partial charge in [-0.2, -0.15) is 0 Å². The molecule has 2 rings (SSSR count). The Bertz CT molecular complexity index is 524. The molecular formula is C16H28N4O2S. The Kier molecular flexibility index (Phi) is 5.84. The standard InChI is InChI=1S/C16H28N4O2S/c1-11(2)9-13-18-19-14(23-13)17-12-7-6-8-20(10-12)15(21)22-16(3,4)5/h11-12H,6-10H2,1-5H3,(H,17,19). The fraction of sp³-hybridized carbons (Fsp3) is 0.812. The summed E-state index contributed by atoms with van der Waals surface area (Å²) in [7, 11) is 0. The molecule has 1 aliphatic heterocycles. The Morgan fingerprint density at radius 2 is 2.17 bits per heavy atom. The molecule has 7 heteroatoms. The molecule has 1 aromatic rings. The van der Waals surface area contributed by atoms with E-state index in [0.29, 0.717) is 12.5 Å². The van der Waals surface area contributed by atoms with Crippen LogP contribution in [-0.4, -0.2) is 45.9 Å². The van der Waals surface area contributed by atoms with Crippen molar-refractivity contribution in [1.29, 1.82) is 0 Å². The van der Waals surface area contributed by atoms with Crippen LogP contribution in [0, 0.1) is 5.92 Å². The first-order valence-corrected chi connectivity index (χ1v) is 9.11. The zero-order chi connectivity index (χ0) is 17.0. The number of amides is 1. The van der Waals surface area contributed by atoms with E-state index < -0.39 is 5.60 Å². The second-order valence-corrected chi connectivity index (χ2v) is 8.57. The highest BCUT2D eigenvalue weighted by Gasteiger charge is 2.28. The van der Waals surface area contributed by atoms with E-state index in [4.69, 9.17) is 4.74 Å². The third-order valence-electron chi connectivity index (χ3n) is 3.45. The van der Waals surface area contributed by atoms with Gasteiger partial charge in [0.25, 0.3) is 0 Å². The number of anilines is 1. The summed E-state index contributed by atoms with van der Waals surface area (Å²) in [6.45, 7) is 11.4. The van der Waals surface area contributed by atoms with Crippen molar-refractivity contribution < 1.29 is 9.53 Å². The van der Waals surface area contributed by atoms with Crippen LogP contribution in [-0.2, 0) is 11.2 Å². The number of aromatic nitrogens is 2. The summed E-state index contributed by atoms with van der Waals surface area (Å²) < 4.78 is 5.46. The summed E-state index contributed by atoms with van der Waals surface area (Å²) in [5, 5.41) is 13.8. The summed E-state index contributed by atoms with van der Waals surface area (Å²) in [6, 6.07) is 0.205. The van der Waals surface area contributed by atoms with Crippen molar-refractivity contribution in [2.24, 2.45) is 5.92 Å². The predicted molar refractivity (Wildman–Crippen MR) is 92.9 cm³/mol. The van der Waals surface area contributed by atoms with Gasteiger partial charge in [0.2, 0.25) is 5.13 Å². The van der Waals surface area contributed by atoms with Crippen LogP contribution in [0.3, 0.4) is 0 Å². The van der Waals surface area contributed by atoms with Crippen molar-refractivity contribution in [2.75, 3.05) is 18.4 Å². The molecule has 0 radical (unpaired) electrons. The average molecular weight is 340 g/mol. The zero-order valence-corrected chi connectivity index (χ0v) is 15.6. The van der Waals surface area contributed by atoms with Crippen LogP contribution in [0.4, 0.5) is 9.93 Å². The third kappa shape index (κ3) is 5.97. The highest BCUT2D eigenvalue weighted by Crippen LogP contribution is 2.22. The fourth-order valence-corrected chi connectivity index (χ4v) is 3.53. The SMILES string of the molecule is CC(C)Cc1nnc(NC2CCCN(C(=O)OC(C)(C)C)C2)s1. The minimum atomic E-state index is -0.456. The van der Waals surface area contributed by atoms with Gasteiger partial charge in [-0.1, -0.05) is 25.2 Å². The predicted octanol–water partition coefficient (Wildman–Crippen LogP) is 3.55. The van der Waals surface area contributed by atoms with Crippen LogP contribution in [0.2, 0.25) is 0 Å². The Morgan fingerprint density at radius 3 is 2.83 bits per heavy atom. The first-order valence-electron chi connectivity index (χ1n) is 8.30. The van der Waals surface area contributed by atoms with Crippen molar-refractivity contribution >= 4 is 22.6 Å². The maximum absolute atomic E-state index is 12.2. The number of hydrogen-bond acceptors (Lipinski definition) is 6. The summed E-state index contributed by atoms with van der Waals surface area (Å²) in [6.07, 6.45) is 2.71. The molecule has 1 aromatic heterocycles. The summed E-state index contributed by atoms with van der Waals surface area (Å²) in [5.41, 5.74) is -0.456. The minimum absolute atomic E-state index is 0.205. The van der Waals surface area contributed by atoms with E-state index in [1.165, 1.54) is 0 Å². The van der Waals surface area contributed by atoms with E-state index in [1.54, 1.807) is 16.2 Å². The first-order chi connectivity index (χ1) is 10.7. The summed E-state index contributed by atoms with van der Waals surface area (Å²) >= 11 is 1.61. The van der Waals surface area contributed by atoms with Crippen molar-refractivity contribution in [3.63, 3.8) is 0 Å². The number of hydrogen-bond donors (Lipinski definition) is 1. The second-order valence-electron chi connectivity index (χ2n) is 7.51. The van der Waals surface area contributed by atoms with E-state index in [-0.39, 0.29) is 12.1 Å². The zero-order valence-electron chi connectivity index (χ0n) is 14.8. The Balaban J connectivity index is 1.88. The smallest absolute Gasteiger partial charge is 0.410 e. The van der Waals surface area contributed by atoms with E-state index in [0.717, 1.165) is 35.9 Å². The van der Waals surface area contributed by atoms with E-state index >= 15 is 0 Å². The number of carbonyl (C=O) groups excluding carboxylic acids is 1. The van der Waals surface area contributed by atoms with Crippen LogP contribution in [0.1, 0.15) is 52.5 Å². The molecule has 1 atom stereocenters. The van der Waals surface area contributed by atoms with Crippen LogP contribution in [0.25, 0.3) is 0 Å². The Hall–Kier alpha value is -1.37. The molecule has 1 unspecified atom stereocenters. The largest absolute Gasteiger partial charge is 0.444 e. The van der Waals surface area contributed by atoms with Crippen molar-refractivity contribution in [2.45, 2.75) is 65.5 Å². The fourth-order valence-electron chi connectivity index (χ4n) is 2.51. The van der Waals surface area contributed by atoms with Crippen molar-refractivity contribution in [3.05, 3.63) is 5.01 Å². The molecule has 23 heavy (non-hydrogen) atoms. The minimum Gasteiger partial charge on any atom is -0.444 e. The lowest BCUT2D eigenvalue weighted by molar-refractivity contribution is 0.0206. The van der Waals surface area contributed by atoms with Gasteiger partial charge in [0.05, 0.1) is 0 Å². The molecule has 1 aliphatic rings. The lowest BCUT2D eigenvalue weighted by Crippen LogP contribution is -2.46. The summed E-state index contributed by atoms with van der Waals surface area (Å²) in [4.78, 5) is 14.0. The van der Waals surface area contributed by atoms with E-state index in [2.05, 4.69) is 29.4 Å². The number of nitrogens with one attached hydrogen (secondary N) is 1. The van der Waals surface area contributed by atoms with Gasteiger partial charge in [0.1, 0.15) is 10.6 Å². The maximum Gasteiger partial charge on any atom is 0.410 e. The third-order valence-corrected chi connectivity index (χ3v) is 4.33. The molecule has 0 bridgehead atoms. The normalized spacial score (nSPS) is 19.0. The average Bonchev–Trinajstić information content (AvgIpc) is 2.83. The quantitative estimate of drug-likeness (QED) is 0.908. The lowest BCUT2D eigenvalue weighted by atomic mass is 10.1. The molecule has 1 amide bonds. The Morgan fingerprint density at radius 1 is 1.43 bits per heavy atom. The molecule has 1 fully saturated rings. The monoisotopic (exact) mass is 340 g/mol. The molecule has 6 nitrogen and oxygen atoms in total. The van der Waals surface area contributed by atoms with Crippen LogP contribution in [0.15, 0.2) is 0 Å². The Labute approximate surface area is 142 Å². The second kappa shape index (κ2) is 7.47.